The predicted octanol–water partition coefficient (Wildman–Crippen LogP) is 3.73. The Bertz CT molecular complexity index is 1050. The van der Waals surface area contributed by atoms with E-state index in [-0.39, 0.29) is 25.5 Å². The van der Waals surface area contributed by atoms with E-state index in [0.717, 1.165) is 5.70 Å². The van der Waals surface area contributed by atoms with E-state index in [4.69, 9.17) is 23.9 Å². The summed E-state index contributed by atoms with van der Waals surface area (Å²) in [7, 11) is 4.67. The second-order valence-electron chi connectivity index (χ2n) is 7.85. The van der Waals surface area contributed by atoms with Gasteiger partial charge in [-0.15, -0.1) is 0 Å². The van der Waals surface area contributed by atoms with Crippen molar-refractivity contribution in [1.82, 2.24) is 9.80 Å². The highest BCUT2D eigenvalue weighted by molar-refractivity contribution is 8.16. The number of methoxy groups -OCH3 is 3. The van der Waals surface area contributed by atoms with Crippen LogP contribution in [0.4, 0.5) is 0 Å². The number of hydrogen-bond acceptors (Lipinski definition) is 9. The minimum Gasteiger partial charge on any atom is -0.493 e. The monoisotopic (exact) mass is 503 g/mol. The number of hydrogen-bond donors (Lipinski definition) is 0. The topological polar surface area (TPSA) is 89.9 Å². The van der Waals surface area contributed by atoms with Crippen molar-refractivity contribution in [2.24, 2.45) is 4.99 Å². The lowest BCUT2D eigenvalue weighted by Crippen LogP contribution is -2.39. The number of fused-ring (bicyclic) bond motifs is 1. The fourth-order valence-corrected chi connectivity index (χ4v) is 5.16. The lowest BCUT2D eigenvalue weighted by atomic mass is 9.92. The number of esters is 1. The lowest BCUT2D eigenvalue weighted by molar-refractivity contribution is -0.141. The lowest BCUT2D eigenvalue weighted by Gasteiger charge is -2.37. The maximum atomic E-state index is 13.3. The van der Waals surface area contributed by atoms with Gasteiger partial charge in [-0.1, -0.05) is 23.9 Å². The van der Waals surface area contributed by atoms with Gasteiger partial charge in [-0.25, -0.2) is 9.79 Å². The molecule has 0 bridgehead atoms. The Labute approximate surface area is 210 Å². The zero-order valence-electron chi connectivity index (χ0n) is 21.1. The Morgan fingerprint density at radius 1 is 1.11 bits per heavy atom. The van der Waals surface area contributed by atoms with E-state index < -0.39 is 12.0 Å². The molecular formula is C25H33N3O6S. The van der Waals surface area contributed by atoms with Crippen molar-refractivity contribution in [3.63, 3.8) is 0 Å². The van der Waals surface area contributed by atoms with Gasteiger partial charge in [-0.2, -0.15) is 0 Å². The number of carbonyl (C=O) groups is 2. The summed E-state index contributed by atoms with van der Waals surface area (Å²) >= 11 is 1.43. The minimum atomic E-state index is -0.617. The van der Waals surface area contributed by atoms with Crippen LogP contribution in [0.2, 0.25) is 0 Å². The summed E-state index contributed by atoms with van der Waals surface area (Å²) in [5.41, 5.74) is 2.39. The van der Waals surface area contributed by atoms with Crippen LogP contribution >= 0.6 is 11.8 Å². The highest BCUT2D eigenvalue weighted by atomic mass is 32.2. The molecule has 9 nitrogen and oxygen atoms in total. The number of allylic oxidation sites excluding steroid dienone is 1. The number of aliphatic imine (C=N–C) groups is 1. The van der Waals surface area contributed by atoms with E-state index in [1.807, 2.05) is 36.3 Å². The summed E-state index contributed by atoms with van der Waals surface area (Å²) in [5.74, 6) is 0.552. The molecular weight excluding hydrogens is 470 g/mol. The van der Waals surface area contributed by atoms with Crippen molar-refractivity contribution >= 4 is 28.8 Å². The third-order valence-electron chi connectivity index (χ3n) is 5.92. The number of carbonyl (C=O) groups excluding carboxylic acids is 2. The molecule has 0 spiro atoms. The molecule has 0 aromatic heterocycles. The quantitative estimate of drug-likeness (QED) is 0.333. The Morgan fingerprint density at radius 3 is 2.49 bits per heavy atom. The van der Waals surface area contributed by atoms with Gasteiger partial charge in [0.05, 0.1) is 44.6 Å². The van der Waals surface area contributed by atoms with Gasteiger partial charge in [0.25, 0.3) is 0 Å². The van der Waals surface area contributed by atoms with Gasteiger partial charge < -0.3 is 28.7 Å². The molecule has 0 radical (unpaired) electrons. The summed E-state index contributed by atoms with van der Waals surface area (Å²) in [6.07, 6.45) is 0.182. The molecule has 1 amide bonds. The number of rotatable bonds is 11. The Balaban J connectivity index is 2.11. The van der Waals surface area contributed by atoms with Crippen molar-refractivity contribution < 1.29 is 28.5 Å². The van der Waals surface area contributed by atoms with Crippen LogP contribution in [0.5, 0.6) is 11.5 Å². The maximum Gasteiger partial charge on any atom is 0.338 e. The molecule has 1 aromatic rings. The van der Waals surface area contributed by atoms with Crippen LogP contribution in [0.25, 0.3) is 0 Å². The third kappa shape index (κ3) is 5.48. The highest BCUT2D eigenvalue weighted by Gasteiger charge is 2.43. The molecule has 0 fully saturated rings. The van der Waals surface area contributed by atoms with E-state index in [9.17, 15) is 9.59 Å². The minimum absolute atomic E-state index is 0.00922. The van der Waals surface area contributed by atoms with E-state index in [0.29, 0.717) is 46.6 Å². The van der Waals surface area contributed by atoms with Crippen LogP contribution in [0.3, 0.4) is 0 Å². The summed E-state index contributed by atoms with van der Waals surface area (Å²) in [5, 5.41) is 2.61. The SMILES string of the molecule is CCN(CC)C(=O)CC1=CSC2=NC(C)=C(C(=O)OCCOC)C(c3cccc(OC)c3OC)N12. The molecule has 1 unspecified atom stereocenters. The van der Waals surface area contributed by atoms with Gasteiger partial charge in [0.1, 0.15) is 6.61 Å². The molecule has 0 saturated carbocycles. The third-order valence-corrected chi connectivity index (χ3v) is 6.81. The average Bonchev–Trinajstić information content (AvgIpc) is 3.25. The zero-order chi connectivity index (χ0) is 25.5. The first-order chi connectivity index (χ1) is 16.9. The molecule has 2 aliphatic heterocycles. The first kappa shape index (κ1) is 26.6. The number of amides is 1. The van der Waals surface area contributed by atoms with Gasteiger partial charge in [0, 0.05) is 31.5 Å². The van der Waals surface area contributed by atoms with E-state index in [1.54, 1.807) is 39.2 Å². The van der Waals surface area contributed by atoms with Crippen molar-refractivity contribution in [3.05, 3.63) is 46.1 Å². The molecule has 1 aromatic carbocycles. The van der Waals surface area contributed by atoms with Crippen molar-refractivity contribution in [2.45, 2.75) is 33.2 Å². The van der Waals surface area contributed by atoms with Crippen LogP contribution in [0, 0.1) is 0 Å². The molecule has 10 heteroatoms. The largest absolute Gasteiger partial charge is 0.493 e. The smallest absolute Gasteiger partial charge is 0.338 e. The number of para-hydroxylation sites is 1. The summed E-state index contributed by atoms with van der Waals surface area (Å²) in [4.78, 5) is 34.8. The number of benzene rings is 1. The van der Waals surface area contributed by atoms with Crippen LogP contribution < -0.4 is 9.47 Å². The molecule has 3 rings (SSSR count). The second-order valence-corrected chi connectivity index (χ2v) is 8.68. The molecule has 190 valence electrons. The molecule has 2 aliphatic rings. The first-order valence-electron chi connectivity index (χ1n) is 11.5. The Kier molecular flexibility index (Phi) is 9.22. The van der Waals surface area contributed by atoms with Gasteiger partial charge in [-0.3, -0.25) is 4.79 Å². The normalized spacial score (nSPS) is 17.0. The summed E-state index contributed by atoms with van der Waals surface area (Å²) in [6.45, 7) is 7.34. The molecule has 35 heavy (non-hydrogen) atoms. The van der Waals surface area contributed by atoms with Gasteiger partial charge in [0.2, 0.25) is 5.91 Å². The standard InChI is InChI=1S/C25H33N3O6S/c1-7-27(8-2)20(29)14-17-15-35-25-26-16(3)21(24(30)34-13-12-31-4)22(28(17)25)18-10-9-11-19(32-5)23(18)33-6/h9-11,15,22H,7-8,12-14H2,1-6H3. The molecule has 2 heterocycles. The van der Waals surface area contributed by atoms with Crippen LogP contribution in [-0.4, -0.2) is 74.5 Å². The van der Waals surface area contributed by atoms with E-state index >= 15 is 0 Å². The zero-order valence-corrected chi connectivity index (χ0v) is 21.9. The predicted molar refractivity (Wildman–Crippen MR) is 135 cm³/mol. The molecule has 0 N–H and O–H groups in total. The molecule has 0 aliphatic carbocycles. The van der Waals surface area contributed by atoms with Gasteiger partial charge >= 0.3 is 5.97 Å². The Hall–Kier alpha value is -2.98. The van der Waals surface area contributed by atoms with Crippen molar-refractivity contribution in [1.29, 1.82) is 0 Å². The Morgan fingerprint density at radius 2 is 1.86 bits per heavy atom. The number of amidine groups is 1. The van der Waals surface area contributed by atoms with E-state index in [1.165, 1.54) is 11.8 Å². The average molecular weight is 504 g/mol. The van der Waals surface area contributed by atoms with Gasteiger partial charge in [0.15, 0.2) is 16.7 Å². The fourth-order valence-electron chi connectivity index (χ4n) is 4.19. The van der Waals surface area contributed by atoms with Crippen LogP contribution in [0.15, 0.2) is 45.6 Å². The van der Waals surface area contributed by atoms with E-state index in [2.05, 4.69) is 0 Å². The highest BCUT2D eigenvalue weighted by Crippen LogP contribution is 2.48. The molecule has 1 atom stereocenters. The van der Waals surface area contributed by atoms with Crippen LogP contribution in [-0.2, 0) is 19.1 Å². The summed E-state index contributed by atoms with van der Waals surface area (Å²) < 4.78 is 21.8. The number of nitrogens with zero attached hydrogens (tertiary/aromatic N) is 3. The maximum absolute atomic E-state index is 13.3. The van der Waals surface area contributed by atoms with Crippen molar-refractivity contribution in [2.75, 3.05) is 47.6 Å². The van der Waals surface area contributed by atoms with Crippen LogP contribution in [0.1, 0.15) is 38.8 Å². The first-order valence-corrected chi connectivity index (χ1v) is 12.4. The second kappa shape index (κ2) is 12.1. The number of thioether (sulfide) groups is 1. The fraction of sp³-hybridized carbons (Fsp3) is 0.480. The molecule has 0 saturated heterocycles. The summed E-state index contributed by atoms with van der Waals surface area (Å²) in [6, 6.07) is 4.91. The van der Waals surface area contributed by atoms with Gasteiger partial charge in [-0.05, 0) is 32.2 Å². The van der Waals surface area contributed by atoms with Crippen molar-refractivity contribution in [3.8, 4) is 11.5 Å². The number of ether oxygens (including phenoxy) is 4.